The Labute approximate surface area is 175 Å². The number of piperazine rings is 1. The third kappa shape index (κ3) is 4.16. The highest BCUT2D eigenvalue weighted by atomic mass is 35.5. The maximum Gasteiger partial charge on any atom is 0.407 e. The molecule has 0 saturated carbocycles. The van der Waals surface area contributed by atoms with E-state index in [2.05, 4.69) is 44.0 Å². The minimum atomic E-state index is -0.872. The van der Waals surface area contributed by atoms with Crippen molar-refractivity contribution in [3.8, 4) is 0 Å². The van der Waals surface area contributed by atoms with Crippen LogP contribution in [0, 0.1) is 0 Å². The lowest BCUT2D eigenvalue weighted by atomic mass is 10.0. The van der Waals surface area contributed by atoms with E-state index >= 15 is 0 Å². The van der Waals surface area contributed by atoms with Crippen LogP contribution in [-0.2, 0) is 19.5 Å². The molecule has 2 aliphatic heterocycles. The molecule has 0 spiro atoms. The Balaban J connectivity index is 1.57. The monoisotopic (exact) mass is 415 g/mol. The number of carbonyl (C=O) groups is 1. The zero-order chi connectivity index (χ0) is 20.5. The molecular formula is C21H26ClN5O2. The minimum Gasteiger partial charge on any atom is -0.465 e. The second-order valence-electron chi connectivity index (χ2n) is 7.97. The van der Waals surface area contributed by atoms with Gasteiger partial charge in [-0.1, -0.05) is 30.3 Å². The molecule has 2 aliphatic rings. The van der Waals surface area contributed by atoms with E-state index in [-0.39, 0.29) is 17.4 Å². The van der Waals surface area contributed by atoms with Crippen molar-refractivity contribution in [1.29, 1.82) is 0 Å². The van der Waals surface area contributed by atoms with Crippen LogP contribution < -0.4 is 4.90 Å². The summed E-state index contributed by atoms with van der Waals surface area (Å²) in [7, 11) is 0. The summed E-state index contributed by atoms with van der Waals surface area (Å²) in [5, 5.41) is 9.68. The average Bonchev–Trinajstić information content (AvgIpc) is 2.69. The topological polar surface area (TPSA) is 72.8 Å². The lowest BCUT2D eigenvalue weighted by molar-refractivity contribution is 0.114. The highest BCUT2D eigenvalue weighted by Gasteiger charge is 2.35. The molecule has 154 valence electrons. The minimum absolute atomic E-state index is 0.0275. The summed E-state index contributed by atoms with van der Waals surface area (Å²) in [4.78, 5) is 26.7. The first-order chi connectivity index (χ1) is 13.9. The highest BCUT2D eigenvalue weighted by molar-refractivity contribution is 6.28. The van der Waals surface area contributed by atoms with E-state index in [1.807, 2.05) is 19.9 Å². The number of benzene rings is 1. The predicted molar refractivity (Wildman–Crippen MR) is 112 cm³/mol. The largest absolute Gasteiger partial charge is 0.465 e. The molecule has 0 aliphatic carbocycles. The van der Waals surface area contributed by atoms with E-state index in [1.54, 1.807) is 0 Å². The SMILES string of the molecule is C[C@@H]1CN(c2nc(Cl)nc3c2CCN(Cc2ccccc2)C3)[C@@H](C)CN1C(=O)O. The molecule has 4 rings (SSSR count). The Morgan fingerprint density at radius 1 is 1.17 bits per heavy atom. The van der Waals surface area contributed by atoms with Crippen LogP contribution >= 0.6 is 11.6 Å². The van der Waals surface area contributed by atoms with Crippen molar-refractivity contribution in [2.24, 2.45) is 0 Å². The van der Waals surface area contributed by atoms with Crippen LogP contribution in [0.1, 0.15) is 30.7 Å². The van der Waals surface area contributed by atoms with Crippen LogP contribution in [0.5, 0.6) is 0 Å². The lowest BCUT2D eigenvalue weighted by Gasteiger charge is -2.44. The Kier molecular flexibility index (Phi) is 5.61. The molecule has 1 aromatic carbocycles. The van der Waals surface area contributed by atoms with E-state index in [0.717, 1.165) is 43.1 Å². The van der Waals surface area contributed by atoms with Crippen LogP contribution in [0.25, 0.3) is 0 Å². The number of hydrogen-bond acceptors (Lipinski definition) is 5. The quantitative estimate of drug-likeness (QED) is 0.775. The number of halogens is 1. The lowest BCUT2D eigenvalue weighted by Crippen LogP contribution is -2.58. The molecule has 7 nitrogen and oxygen atoms in total. The summed E-state index contributed by atoms with van der Waals surface area (Å²) in [6.45, 7) is 7.56. The Hall–Kier alpha value is -2.38. The number of nitrogens with zero attached hydrogens (tertiary/aromatic N) is 5. The normalized spacial score (nSPS) is 22.4. The molecule has 29 heavy (non-hydrogen) atoms. The number of rotatable bonds is 3. The van der Waals surface area contributed by atoms with Crippen LogP contribution in [0.15, 0.2) is 30.3 Å². The first kappa shape index (κ1) is 19.9. The molecule has 2 atom stereocenters. The van der Waals surface area contributed by atoms with Crippen molar-refractivity contribution < 1.29 is 9.90 Å². The Bertz CT molecular complexity index is 894. The van der Waals surface area contributed by atoms with E-state index in [4.69, 9.17) is 11.6 Å². The van der Waals surface area contributed by atoms with Gasteiger partial charge in [0.25, 0.3) is 0 Å². The Morgan fingerprint density at radius 2 is 1.93 bits per heavy atom. The zero-order valence-electron chi connectivity index (χ0n) is 16.8. The van der Waals surface area contributed by atoms with E-state index in [0.29, 0.717) is 13.1 Å². The summed E-state index contributed by atoms with van der Waals surface area (Å²) in [5.41, 5.74) is 3.40. The fourth-order valence-corrected chi connectivity index (χ4v) is 4.52. The van der Waals surface area contributed by atoms with Crippen LogP contribution in [0.2, 0.25) is 5.28 Å². The summed E-state index contributed by atoms with van der Waals surface area (Å²) in [5.74, 6) is 0.865. The van der Waals surface area contributed by atoms with Gasteiger partial charge in [-0.05, 0) is 37.4 Å². The van der Waals surface area contributed by atoms with Crippen molar-refractivity contribution in [1.82, 2.24) is 19.8 Å². The molecule has 1 amide bonds. The van der Waals surface area contributed by atoms with E-state index in [9.17, 15) is 9.90 Å². The number of hydrogen-bond donors (Lipinski definition) is 1. The number of amides is 1. The van der Waals surface area contributed by atoms with Gasteiger partial charge in [0.2, 0.25) is 5.28 Å². The fraction of sp³-hybridized carbons (Fsp3) is 0.476. The average molecular weight is 416 g/mol. The molecule has 0 unspecified atom stereocenters. The summed E-state index contributed by atoms with van der Waals surface area (Å²) in [6, 6.07) is 10.3. The first-order valence-corrected chi connectivity index (χ1v) is 10.4. The van der Waals surface area contributed by atoms with Gasteiger partial charge in [0.05, 0.1) is 5.69 Å². The Morgan fingerprint density at radius 3 is 2.66 bits per heavy atom. The van der Waals surface area contributed by atoms with Crippen molar-refractivity contribution in [3.05, 3.63) is 52.4 Å². The van der Waals surface area contributed by atoms with Crippen LogP contribution in [0.4, 0.5) is 10.6 Å². The fourth-order valence-electron chi connectivity index (χ4n) is 4.34. The van der Waals surface area contributed by atoms with Crippen molar-refractivity contribution >= 4 is 23.5 Å². The second-order valence-corrected chi connectivity index (χ2v) is 8.31. The van der Waals surface area contributed by atoms with Gasteiger partial charge in [0.1, 0.15) is 5.82 Å². The summed E-state index contributed by atoms with van der Waals surface area (Å²) >= 11 is 6.30. The van der Waals surface area contributed by atoms with Gasteiger partial charge < -0.3 is 14.9 Å². The first-order valence-electron chi connectivity index (χ1n) is 10.00. The summed E-state index contributed by atoms with van der Waals surface area (Å²) < 4.78 is 0. The smallest absolute Gasteiger partial charge is 0.407 e. The number of aromatic nitrogens is 2. The standard InChI is InChI=1S/C21H26ClN5O2/c1-14-11-27(21(28)29)15(2)10-26(14)19-17-8-9-25(12-16-6-4-3-5-7-16)13-18(17)23-20(22)24-19/h3-7,14-15H,8-13H2,1-2H3,(H,28,29)/t14-,15+/m0/s1. The molecule has 1 fully saturated rings. The molecule has 1 N–H and O–H groups in total. The third-order valence-electron chi connectivity index (χ3n) is 5.85. The van der Waals surface area contributed by atoms with Gasteiger partial charge >= 0.3 is 6.09 Å². The van der Waals surface area contributed by atoms with Crippen LogP contribution in [0.3, 0.4) is 0 Å². The second kappa shape index (κ2) is 8.16. The molecule has 2 aromatic rings. The van der Waals surface area contributed by atoms with Crippen molar-refractivity contribution in [2.45, 2.75) is 45.4 Å². The molecule has 8 heteroatoms. The third-order valence-corrected chi connectivity index (χ3v) is 6.02. The van der Waals surface area contributed by atoms with Gasteiger partial charge in [-0.2, -0.15) is 0 Å². The number of carboxylic acid groups (broad SMARTS) is 1. The predicted octanol–water partition coefficient (Wildman–Crippen LogP) is 3.27. The molecule has 3 heterocycles. The molecular weight excluding hydrogens is 390 g/mol. The number of anilines is 1. The van der Waals surface area contributed by atoms with Crippen molar-refractivity contribution in [3.63, 3.8) is 0 Å². The zero-order valence-corrected chi connectivity index (χ0v) is 17.5. The van der Waals surface area contributed by atoms with Gasteiger partial charge in [-0.15, -0.1) is 0 Å². The van der Waals surface area contributed by atoms with Gasteiger partial charge in [0.15, 0.2) is 0 Å². The summed E-state index contributed by atoms with van der Waals surface area (Å²) in [6.07, 6.45) is -0.0159. The van der Waals surface area contributed by atoms with Crippen LogP contribution in [-0.4, -0.2) is 62.7 Å². The van der Waals surface area contributed by atoms with Gasteiger partial charge in [-0.25, -0.2) is 14.8 Å². The maximum atomic E-state index is 11.5. The molecule has 1 aromatic heterocycles. The highest BCUT2D eigenvalue weighted by Crippen LogP contribution is 2.31. The maximum absolute atomic E-state index is 11.5. The van der Waals surface area contributed by atoms with Gasteiger partial charge in [-0.3, -0.25) is 4.90 Å². The molecule has 0 radical (unpaired) electrons. The number of fused-ring (bicyclic) bond motifs is 1. The molecule has 0 bridgehead atoms. The van der Waals surface area contributed by atoms with E-state index in [1.165, 1.54) is 10.5 Å². The van der Waals surface area contributed by atoms with Crippen molar-refractivity contribution in [2.75, 3.05) is 24.5 Å². The molecule has 1 saturated heterocycles. The van der Waals surface area contributed by atoms with Gasteiger partial charge in [0, 0.05) is 50.4 Å². The van der Waals surface area contributed by atoms with E-state index < -0.39 is 6.09 Å².